The molecular formula is C17H26N4O3. The second-order valence-corrected chi connectivity index (χ2v) is 6.04. The van der Waals surface area contributed by atoms with Crippen molar-refractivity contribution in [3.63, 3.8) is 0 Å². The maximum atomic E-state index is 12.8. The van der Waals surface area contributed by atoms with Crippen molar-refractivity contribution in [2.45, 2.75) is 19.1 Å². The molecule has 0 aliphatic carbocycles. The third-order valence-corrected chi connectivity index (χ3v) is 4.12. The van der Waals surface area contributed by atoms with Crippen molar-refractivity contribution in [3.05, 3.63) is 29.8 Å². The topological polar surface area (TPSA) is 73.9 Å². The molecule has 2 atom stereocenters. The van der Waals surface area contributed by atoms with Crippen molar-refractivity contribution in [3.8, 4) is 0 Å². The molecule has 0 radical (unpaired) electrons. The molecule has 1 aromatic carbocycles. The highest BCUT2D eigenvalue weighted by Gasteiger charge is 2.36. The van der Waals surface area contributed by atoms with Gasteiger partial charge in [-0.3, -0.25) is 4.79 Å². The van der Waals surface area contributed by atoms with E-state index in [4.69, 9.17) is 4.74 Å². The van der Waals surface area contributed by atoms with E-state index in [2.05, 4.69) is 10.6 Å². The van der Waals surface area contributed by atoms with Gasteiger partial charge in [0.1, 0.15) is 0 Å². The number of carbonyl (C=O) groups excluding carboxylic acids is 2. The van der Waals surface area contributed by atoms with Gasteiger partial charge in [-0.2, -0.15) is 0 Å². The summed E-state index contributed by atoms with van der Waals surface area (Å²) in [6.45, 7) is 3.30. The van der Waals surface area contributed by atoms with Crippen molar-refractivity contribution in [1.29, 1.82) is 0 Å². The van der Waals surface area contributed by atoms with Crippen LogP contribution in [0, 0.1) is 0 Å². The summed E-state index contributed by atoms with van der Waals surface area (Å²) in [5.41, 5.74) is 1.61. The standard InChI is InChI=1S/C17H26N4O3/c1-5-18-17(23)19-14-10-21(11-15(14)24-4)16(22)12-7-6-8-13(9-12)20(2)3/h6-9,14-15H,5,10-11H2,1-4H3,(H2,18,19,23)/t14?,15-/m1/s1. The molecule has 2 rings (SSSR count). The number of benzene rings is 1. The van der Waals surface area contributed by atoms with Crippen LogP contribution in [0.4, 0.5) is 10.5 Å². The fourth-order valence-corrected chi connectivity index (χ4v) is 2.80. The monoisotopic (exact) mass is 334 g/mol. The van der Waals surface area contributed by atoms with Gasteiger partial charge in [0.05, 0.1) is 12.1 Å². The average Bonchev–Trinajstić information content (AvgIpc) is 2.97. The van der Waals surface area contributed by atoms with E-state index < -0.39 is 0 Å². The Balaban J connectivity index is 2.08. The van der Waals surface area contributed by atoms with Crippen LogP contribution >= 0.6 is 0 Å². The summed E-state index contributed by atoms with van der Waals surface area (Å²) in [7, 11) is 5.47. The van der Waals surface area contributed by atoms with E-state index in [-0.39, 0.29) is 24.1 Å². The molecule has 0 aromatic heterocycles. The minimum atomic E-state index is -0.242. The summed E-state index contributed by atoms with van der Waals surface area (Å²) in [5.74, 6) is -0.0547. The van der Waals surface area contributed by atoms with Crippen LogP contribution in [-0.4, -0.2) is 69.8 Å². The first kappa shape index (κ1) is 18.1. The fraction of sp³-hybridized carbons (Fsp3) is 0.529. The van der Waals surface area contributed by atoms with Crippen LogP contribution in [0.5, 0.6) is 0 Å². The van der Waals surface area contributed by atoms with E-state index in [9.17, 15) is 9.59 Å². The third-order valence-electron chi connectivity index (χ3n) is 4.12. The predicted molar refractivity (Wildman–Crippen MR) is 93.5 cm³/mol. The average molecular weight is 334 g/mol. The second-order valence-electron chi connectivity index (χ2n) is 6.04. The summed E-state index contributed by atoms with van der Waals surface area (Å²) < 4.78 is 5.44. The smallest absolute Gasteiger partial charge is 0.315 e. The summed E-state index contributed by atoms with van der Waals surface area (Å²) in [6, 6.07) is 7.04. The second kappa shape index (κ2) is 8.01. The Morgan fingerprint density at radius 1 is 1.33 bits per heavy atom. The van der Waals surface area contributed by atoms with Gasteiger partial charge in [-0.1, -0.05) is 6.07 Å². The number of ether oxygens (including phenoxy) is 1. The highest BCUT2D eigenvalue weighted by molar-refractivity contribution is 5.95. The van der Waals surface area contributed by atoms with E-state index in [0.717, 1.165) is 5.69 Å². The molecule has 0 spiro atoms. The van der Waals surface area contributed by atoms with Gasteiger partial charge in [0.25, 0.3) is 5.91 Å². The van der Waals surface area contributed by atoms with Crippen molar-refractivity contribution in [2.24, 2.45) is 0 Å². The molecule has 1 aromatic rings. The van der Waals surface area contributed by atoms with Crippen LogP contribution in [0.25, 0.3) is 0 Å². The maximum absolute atomic E-state index is 12.8. The third kappa shape index (κ3) is 4.17. The molecule has 0 saturated carbocycles. The van der Waals surface area contributed by atoms with Crippen molar-refractivity contribution in [1.82, 2.24) is 15.5 Å². The number of nitrogens with zero attached hydrogens (tertiary/aromatic N) is 2. The van der Waals surface area contributed by atoms with E-state index in [1.165, 1.54) is 0 Å². The Bertz CT molecular complexity index is 591. The first-order valence-corrected chi connectivity index (χ1v) is 8.10. The number of rotatable bonds is 5. The number of nitrogens with one attached hydrogen (secondary N) is 2. The molecule has 24 heavy (non-hydrogen) atoms. The summed E-state index contributed by atoms with van der Waals surface area (Å²) in [4.78, 5) is 28.2. The van der Waals surface area contributed by atoms with E-state index in [1.54, 1.807) is 12.0 Å². The minimum absolute atomic E-state index is 0.0547. The quantitative estimate of drug-likeness (QED) is 0.839. The van der Waals surface area contributed by atoms with Crippen LogP contribution in [0.2, 0.25) is 0 Å². The Morgan fingerprint density at radius 2 is 2.08 bits per heavy atom. The molecule has 1 unspecified atom stereocenters. The molecule has 3 amide bonds. The SMILES string of the molecule is CCNC(=O)NC1CN(C(=O)c2cccc(N(C)C)c2)C[C@H]1OC. The lowest BCUT2D eigenvalue weighted by molar-refractivity contribution is 0.0710. The number of urea groups is 1. The predicted octanol–water partition coefficient (Wildman–Crippen LogP) is 0.911. The fourth-order valence-electron chi connectivity index (χ4n) is 2.80. The van der Waals surface area contributed by atoms with Crippen LogP contribution in [-0.2, 0) is 4.74 Å². The molecule has 1 aliphatic heterocycles. The first-order chi connectivity index (χ1) is 11.5. The number of hydrogen-bond donors (Lipinski definition) is 2. The van der Waals surface area contributed by atoms with Crippen LogP contribution < -0.4 is 15.5 Å². The minimum Gasteiger partial charge on any atom is -0.378 e. The lowest BCUT2D eigenvalue weighted by Crippen LogP contribution is -2.48. The van der Waals surface area contributed by atoms with Gasteiger partial charge in [0, 0.05) is 52.1 Å². The number of hydrogen-bond acceptors (Lipinski definition) is 4. The maximum Gasteiger partial charge on any atom is 0.315 e. The highest BCUT2D eigenvalue weighted by Crippen LogP contribution is 2.19. The number of amides is 3. The summed E-state index contributed by atoms with van der Waals surface area (Å²) >= 11 is 0. The largest absolute Gasteiger partial charge is 0.378 e. The number of methoxy groups -OCH3 is 1. The van der Waals surface area contributed by atoms with Crippen molar-refractivity contribution >= 4 is 17.6 Å². The Labute approximate surface area is 142 Å². The van der Waals surface area contributed by atoms with Gasteiger partial charge in [-0.25, -0.2) is 4.79 Å². The molecule has 1 saturated heterocycles. The molecular weight excluding hydrogens is 308 g/mol. The lowest BCUT2D eigenvalue weighted by atomic mass is 10.1. The van der Waals surface area contributed by atoms with E-state index in [1.807, 2.05) is 50.2 Å². The highest BCUT2D eigenvalue weighted by atomic mass is 16.5. The van der Waals surface area contributed by atoms with Crippen LogP contribution in [0.3, 0.4) is 0 Å². The van der Waals surface area contributed by atoms with Crippen LogP contribution in [0.1, 0.15) is 17.3 Å². The van der Waals surface area contributed by atoms with Gasteiger partial charge in [0.2, 0.25) is 0 Å². The molecule has 7 nitrogen and oxygen atoms in total. The molecule has 1 fully saturated rings. The molecule has 1 aliphatic rings. The van der Waals surface area contributed by atoms with E-state index >= 15 is 0 Å². The zero-order valence-corrected chi connectivity index (χ0v) is 14.7. The van der Waals surface area contributed by atoms with E-state index in [0.29, 0.717) is 25.2 Å². The zero-order valence-electron chi connectivity index (χ0n) is 14.7. The molecule has 132 valence electrons. The number of anilines is 1. The van der Waals surface area contributed by atoms with Gasteiger partial charge in [-0.15, -0.1) is 0 Å². The van der Waals surface area contributed by atoms with Crippen LogP contribution in [0.15, 0.2) is 24.3 Å². The van der Waals surface area contributed by atoms with Crippen molar-refractivity contribution in [2.75, 3.05) is 45.7 Å². The Kier molecular flexibility index (Phi) is 6.03. The van der Waals surface area contributed by atoms with Crippen molar-refractivity contribution < 1.29 is 14.3 Å². The number of carbonyl (C=O) groups is 2. The van der Waals surface area contributed by atoms with Gasteiger partial charge >= 0.3 is 6.03 Å². The molecule has 2 N–H and O–H groups in total. The van der Waals surface area contributed by atoms with Gasteiger partial charge < -0.3 is 25.2 Å². The normalized spacial score (nSPS) is 19.9. The molecule has 0 bridgehead atoms. The number of likely N-dealkylation sites (tertiary alicyclic amines) is 1. The summed E-state index contributed by atoms with van der Waals surface area (Å²) in [5, 5.41) is 5.57. The molecule has 1 heterocycles. The Hall–Kier alpha value is -2.28. The zero-order chi connectivity index (χ0) is 17.7. The molecule has 7 heteroatoms. The lowest BCUT2D eigenvalue weighted by Gasteiger charge is -2.18. The Morgan fingerprint density at radius 3 is 2.71 bits per heavy atom. The first-order valence-electron chi connectivity index (χ1n) is 8.10. The summed E-state index contributed by atoms with van der Waals surface area (Å²) in [6.07, 6.45) is -0.214. The van der Waals surface area contributed by atoms with Gasteiger partial charge in [0.15, 0.2) is 0 Å². The van der Waals surface area contributed by atoms with Gasteiger partial charge in [-0.05, 0) is 25.1 Å².